The number of aliphatic imine (C=N–C) groups is 1. The molecule has 1 amide bonds. The van der Waals surface area contributed by atoms with Crippen molar-refractivity contribution in [1.82, 2.24) is 15.5 Å². The number of hydrogen-bond donors (Lipinski definition) is 2. The van der Waals surface area contributed by atoms with E-state index in [4.69, 9.17) is 9.47 Å². The number of likely N-dealkylation sites (tertiary alicyclic amines) is 1. The van der Waals surface area contributed by atoms with Gasteiger partial charge in [0.05, 0.1) is 13.2 Å². The first-order valence-electron chi connectivity index (χ1n) is 9.81. The summed E-state index contributed by atoms with van der Waals surface area (Å²) in [5.74, 6) is 2.01. The zero-order chi connectivity index (χ0) is 20.7. The highest BCUT2D eigenvalue weighted by atomic mass is 127. The van der Waals surface area contributed by atoms with E-state index in [1.807, 2.05) is 39.0 Å². The van der Waals surface area contributed by atoms with Crippen molar-refractivity contribution in [3.63, 3.8) is 0 Å². The second-order valence-electron chi connectivity index (χ2n) is 8.15. The SMILES string of the molecule is CN=C(NCC(C)c1ccccc1OC)N1CCC(NC(=O)OC(C)(C)C)C1.I. The highest BCUT2D eigenvalue weighted by Crippen LogP contribution is 2.25. The first kappa shape index (κ1) is 25.3. The Morgan fingerprint density at radius 2 is 2.03 bits per heavy atom. The fraction of sp³-hybridized carbons (Fsp3) is 0.619. The molecular formula is C21H35IN4O3. The number of nitrogens with one attached hydrogen (secondary N) is 2. The summed E-state index contributed by atoms with van der Waals surface area (Å²) in [5, 5.41) is 6.40. The molecule has 1 fully saturated rings. The monoisotopic (exact) mass is 518 g/mol. The Bertz CT molecular complexity index is 691. The number of alkyl carbamates (subject to hydrolysis) is 1. The van der Waals surface area contributed by atoms with Gasteiger partial charge in [0.1, 0.15) is 11.4 Å². The normalized spacial score (nSPS) is 17.9. The van der Waals surface area contributed by atoms with Crippen molar-refractivity contribution in [2.45, 2.75) is 51.7 Å². The van der Waals surface area contributed by atoms with Gasteiger partial charge in [-0.2, -0.15) is 0 Å². The van der Waals surface area contributed by atoms with Crippen LogP contribution < -0.4 is 15.4 Å². The van der Waals surface area contributed by atoms with Crippen molar-refractivity contribution in [2.24, 2.45) is 4.99 Å². The van der Waals surface area contributed by atoms with Gasteiger partial charge in [0.15, 0.2) is 5.96 Å². The molecule has 2 N–H and O–H groups in total. The zero-order valence-corrected chi connectivity index (χ0v) is 20.7. The third-order valence-corrected chi connectivity index (χ3v) is 4.66. The van der Waals surface area contributed by atoms with E-state index in [-0.39, 0.29) is 42.0 Å². The van der Waals surface area contributed by atoms with E-state index in [2.05, 4.69) is 33.5 Å². The Kier molecular flexibility index (Phi) is 10.0. The molecule has 1 aliphatic heterocycles. The predicted octanol–water partition coefficient (Wildman–Crippen LogP) is 3.59. The second kappa shape index (κ2) is 11.5. The summed E-state index contributed by atoms with van der Waals surface area (Å²) in [6.07, 6.45) is 0.495. The van der Waals surface area contributed by atoms with Crippen LogP contribution in [0.25, 0.3) is 0 Å². The van der Waals surface area contributed by atoms with Crippen molar-refractivity contribution in [3.8, 4) is 5.75 Å². The smallest absolute Gasteiger partial charge is 0.407 e. The summed E-state index contributed by atoms with van der Waals surface area (Å²) in [5.41, 5.74) is 0.674. The van der Waals surface area contributed by atoms with Crippen LogP contribution in [0, 0.1) is 0 Å². The van der Waals surface area contributed by atoms with Crippen LogP contribution in [0.15, 0.2) is 29.3 Å². The molecule has 1 aliphatic rings. The van der Waals surface area contributed by atoms with Gasteiger partial charge < -0.3 is 25.0 Å². The first-order valence-corrected chi connectivity index (χ1v) is 9.81. The topological polar surface area (TPSA) is 75.2 Å². The van der Waals surface area contributed by atoms with E-state index in [9.17, 15) is 4.79 Å². The van der Waals surface area contributed by atoms with Gasteiger partial charge in [-0.3, -0.25) is 4.99 Å². The lowest BCUT2D eigenvalue weighted by atomic mass is 10.0. The molecular weight excluding hydrogens is 483 g/mol. The molecule has 2 unspecified atom stereocenters. The van der Waals surface area contributed by atoms with Crippen LogP contribution in [0.2, 0.25) is 0 Å². The molecule has 2 atom stereocenters. The Balaban J connectivity index is 0.00000420. The van der Waals surface area contributed by atoms with Gasteiger partial charge >= 0.3 is 6.09 Å². The minimum absolute atomic E-state index is 0. The van der Waals surface area contributed by atoms with Crippen LogP contribution >= 0.6 is 24.0 Å². The van der Waals surface area contributed by atoms with E-state index < -0.39 is 5.60 Å². The Morgan fingerprint density at radius 3 is 2.66 bits per heavy atom. The molecule has 0 radical (unpaired) electrons. The molecule has 0 aliphatic carbocycles. The standard InChI is InChI=1S/C21H34N4O3.HI/c1-15(17-9-7-8-10-18(17)27-6)13-23-19(22-5)25-12-11-16(14-25)24-20(26)28-21(2,3)4;/h7-10,15-16H,11-14H2,1-6H3,(H,22,23)(H,24,26);1H. The first-order chi connectivity index (χ1) is 13.2. The molecule has 8 heteroatoms. The number of para-hydroxylation sites is 1. The number of benzene rings is 1. The number of ether oxygens (including phenoxy) is 2. The molecule has 0 aromatic heterocycles. The van der Waals surface area contributed by atoms with Crippen molar-refractivity contribution in [1.29, 1.82) is 0 Å². The minimum atomic E-state index is -0.491. The summed E-state index contributed by atoms with van der Waals surface area (Å²) in [4.78, 5) is 18.6. The summed E-state index contributed by atoms with van der Waals surface area (Å²) in [6, 6.07) is 8.12. The van der Waals surface area contributed by atoms with Gasteiger partial charge in [-0.05, 0) is 38.8 Å². The third-order valence-electron chi connectivity index (χ3n) is 4.66. The molecule has 7 nitrogen and oxygen atoms in total. The van der Waals surface area contributed by atoms with E-state index in [0.29, 0.717) is 6.54 Å². The van der Waals surface area contributed by atoms with Crippen molar-refractivity contribution in [3.05, 3.63) is 29.8 Å². The number of rotatable bonds is 5. The van der Waals surface area contributed by atoms with Crippen LogP contribution in [0.4, 0.5) is 4.79 Å². The number of guanidine groups is 1. The number of methoxy groups -OCH3 is 1. The fourth-order valence-corrected chi connectivity index (χ4v) is 3.30. The molecule has 1 heterocycles. The van der Waals surface area contributed by atoms with Crippen LogP contribution in [-0.2, 0) is 4.74 Å². The average Bonchev–Trinajstić information content (AvgIpc) is 3.08. The van der Waals surface area contributed by atoms with Crippen LogP contribution in [0.5, 0.6) is 5.75 Å². The van der Waals surface area contributed by atoms with Crippen LogP contribution in [-0.4, -0.2) is 62.4 Å². The second-order valence-corrected chi connectivity index (χ2v) is 8.15. The number of nitrogens with zero attached hydrogens (tertiary/aromatic N) is 2. The summed E-state index contributed by atoms with van der Waals surface area (Å²) in [7, 11) is 3.48. The number of carbonyl (C=O) groups excluding carboxylic acids is 1. The van der Waals surface area contributed by atoms with E-state index in [1.165, 1.54) is 5.56 Å². The fourth-order valence-electron chi connectivity index (χ4n) is 3.30. The highest BCUT2D eigenvalue weighted by Gasteiger charge is 2.28. The maximum absolute atomic E-state index is 12.0. The molecule has 29 heavy (non-hydrogen) atoms. The lowest BCUT2D eigenvalue weighted by molar-refractivity contribution is 0.0507. The average molecular weight is 518 g/mol. The Morgan fingerprint density at radius 1 is 1.34 bits per heavy atom. The molecule has 0 spiro atoms. The Hall–Kier alpha value is -1.71. The molecule has 1 aromatic carbocycles. The van der Waals surface area contributed by atoms with E-state index >= 15 is 0 Å². The van der Waals surface area contributed by atoms with E-state index in [1.54, 1.807) is 14.2 Å². The van der Waals surface area contributed by atoms with Gasteiger partial charge in [-0.1, -0.05) is 25.1 Å². The predicted molar refractivity (Wildman–Crippen MR) is 128 cm³/mol. The highest BCUT2D eigenvalue weighted by molar-refractivity contribution is 14.0. The van der Waals surface area contributed by atoms with Gasteiger partial charge in [0, 0.05) is 32.6 Å². The zero-order valence-electron chi connectivity index (χ0n) is 18.3. The maximum Gasteiger partial charge on any atom is 0.407 e. The van der Waals surface area contributed by atoms with Crippen molar-refractivity contribution < 1.29 is 14.3 Å². The lowest BCUT2D eigenvalue weighted by Gasteiger charge is -2.24. The number of hydrogen-bond acceptors (Lipinski definition) is 4. The van der Waals surface area contributed by atoms with Crippen LogP contribution in [0.1, 0.15) is 45.6 Å². The lowest BCUT2D eigenvalue weighted by Crippen LogP contribution is -2.44. The van der Waals surface area contributed by atoms with Crippen molar-refractivity contribution >= 4 is 36.0 Å². The van der Waals surface area contributed by atoms with Gasteiger partial charge in [-0.25, -0.2) is 4.79 Å². The third kappa shape index (κ3) is 7.91. The molecule has 1 aromatic rings. The van der Waals surface area contributed by atoms with Crippen LogP contribution in [0.3, 0.4) is 0 Å². The van der Waals surface area contributed by atoms with E-state index in [0.717, 1.165) is 31.2 Å². The summed E-state index contributed by atoms with van der Waals surface area (Å²) >= 11 is 0. The largest absolute Gasteiger partial charge is 0.496 e. The molecule has 2 rings (SSSR count). The minimum Gasteiger partial charge on any atom is -0.496 e. The molecule has 164 valence electrons. The number of amides is 1. The number of carbonyl (C=O) groups is 1. The quantitative estimate of drug-likeness (QED) is 0.354. The van der Waals surface area contributed by atoms with Gasteiger partial charge in [-0.15, -0.1) is 24.0 Å². The van der Waals surface area contributed by atoms with Gasteiger partial charge in [0.25, 0.3) is 0 Å². The number of halogens is 1. The summed E-state index contributed by atoms with van der Waals surface area (Å²) in [6.45, 7) is 10.0. The molecule has 0 bridgehead atoms. The maximum atomic E-state index is 12.0. The molecule has 1 saturated heterocycles. The van der Waals surface area contributed by atoms with Gasteiger partial charge in [0.2, 0.25) is 0 Å². The summed E-state index contributed by atoms with van der Waals surface area (Å²) < 4.78 is 10.8. The Labute approximate surface area is 191 Å². The van der Waals surface area contributed by atoms with Crippen molar-refractivity contribution in [2.75, 3.05) is 33.8 Å². The molecule has 0 saturated carbocycles.